The van der Waals surface area contributed by atoms with E-state index in [1.807, 2.05) is 0 Å². The lowest BCUT2D eigenvalue weighted by atomic mass is 9.85. The number of hydrogen-bond acceptors (Lipinski definition) is 3. The van der Waals surface area contributed by atoms with E-state index in [0.717, 1.165) is 38.8 Å². The van der Waals surface area contributed by atoms with Crippen LogP contribution in [0.1, 0.15) is 38.5 Å². The van der Waals surface area contributed by atoms with Gasteiger partial charge in [0.2, 0.25) is 5.91 Å². The maximum absolute atomic E-state index is 12.6. The highest BCUT2D eigenvalue weighted by Crippen LogP contribution is 2.37. The number of hydrogen-bond donors (Lipinski definition) is 1. The first-order chi connectivity index (χ1) is 8.75. The van der Waals surface area contributed by atoms with Gasteiger partial charge in [0.1, 0.15) is 0 Å². The van der Waals surface area contributed by atoms with E-state index < -0.39 is 0 Å². The zero-order chi connectivity index (χ0) is 12.5. The number of nitrogens with zero attached hydrogens (tertiary/aromatic N) is 1. The highest BCUT2D eigenvalue weighted by molar-refractivity contribution is 5.79. The fourth-order valence-electron chi connectivity index (χ4n) is 3.37. The van der Waals surface area contributed by atoms with Crippen LogP contribution >= 0.6 is 0 Å². The molecule has 0 aromatic rings. The Morgan fingerprint density at radius 2 is 1.83 bits per heavy atom. The van der Waals surface area contributed by atoms with Crippen LogP contribution in [0.25, 0.3) is 0 Å². The fraction of sp³-hybridized carbons (Fsp3) is 0.929. The van der Waals surface area contributed by atoms with Crippen molar-refractivity contribution >= 4 is 5.91 Å². The van der Waals surface area contributed by atoms with Crippen molar-refractivity contribution in [2.75, 3.05) is 19.8 Å². The molecule has 1 saturated heterocycles. The number of carbonyl (C=O) groups excluding carboxylic acids is 1. The maximum Gasteiger partial charge on any atom is 0.226 e. The molecule has 0 radical (unpaired) electrons. The Morgan fingerprint density at radius 3 is 2.50 bits per heavy atom. The lowest BCUT2D eigenvalue weighted by Crippen LogP contribution is -2.52. The summed E-state index contributed by atoms with van der Waals surface area (Å²) in [5.74, 6) is 1.31. The Kier molecular flexibility index (Phi) is 3.57. The molecular formula is C14H24N2O2. The van der Waals surface area contributed by atoms with Crippen LogP contribution in [0.2, 0.25) is 0 Å². The Labute approximate surface area is 109 Å². The SMILES string of the molecule is N[C@H]1CC[C@H](C(=O)N2CCOCC2C2CC2)CC1. The van der Waals surface area contributed by atoms with E-state index in [4.69, 9.17) is 10.5 Å². The van der Waals surface area contributed by atoms with E-state index in [9.17, 15) is 4.79 Å². The molecule has 0 aromatic carbocycles. The van der Waals surface area contributed by atoms with E-state index in [0.29, 0.717) is 30.5 Å². The molecule has 1 aliphatic heterocycles. The van der Waals surface area contributed by atoms with Gasteiger partial charge in [-0.1, -0.05) is 0 Å². The molecule has 3 rings (SSSR count). The first kappa shape index (κ1) is 12.4. The summed E-state index contributed by atoms with van der Waals surface area (Å²) in [6.07, 6.45) is 6.52. The van der Waals surface area contributed by atoms with E-state index >= 15 is 0 Å². The van der Waals surface area contributed by atoms with Gasteiger partial charge in [0.25, 0.3) is 0 Å². The quantitative estimate of drug-likeness (QED) is 0.802. The van der Waals surface area contributed by atoms with Crippen LogP contribution in [-0.4, -0.2) is 42.6 Å². The van der Waals surface area contributed by atoms with Gasteiger partial charge in [-0.3, -0.25) is 4.79 Å². The molecule has 0 aromatic heterocycles. The molecule has 0 bridgehead atoms. The van der Waals surface area contributed by atoms with Crippen molar-refractivity contribution < 1.29 is 9.53 Å². The summed E-state index contributed by atoms with van der Waals surface area (Å²) in [6, 6.07) is 0.680. The largest absolute Gasteiger partial charge is 0.377 e. The number of nitrogens with two attached hydrogens (primary N) is 1. The van der Waals surface area contributed by atoms with Gasteiger partial charge < -0.3 is 15.4 Å². The number of carbonyl (C=O) groups is 1. The molecule has 3 fully saturated rings. The third-order valence-corrected chi connectivity index (χ3v) is 4.74. The molecule has 4 heteroatoms. The highest BCUT2D eigenvalue weighted by atomic mass is 16.5. The van der Waals surface area contributed by atoms with Gasteiger partial charge in [0.15, 0.2) is 0 Å². The van der Waals surface area contributed by atoms with E-state index in [-0.39, 0.29) is 5.92 Å². The van der Waals surface area contributed by atoms with Gasteiger partial charge in [0.05, 0.1) is 19.3 Å². The summed E-state index contributed by atoms with van der Waals surface area (Å²) in [7, 11) is 0. The van der Waals surface area contributed by atoms with Crippen LogP contribution in [0.5, 0.6) is 0 Å². The maximum atomic E-state index is 12.6. The minimum absolute atomic E-state index is 0.226. The van der Waals surface area contributed by atoms with Crippen molar-refractivity contribution in [3.63, 3.8) is 0 Å². The van der Waals surface area contributed by atoms with E-state index in [1.54, 1.807) is 0 Å². The molecule has 2 saturated carbocycles. The summed E-state index contributed by atoms with van der Waals surface area (Å²) >= 11 is 0. The van der Waals surface area contributed by atoms with Crippen molar-refractivity contribution in [2.45, 2.75) is 50.6 Å². The minimum Gasteiger partial charge on any atom is -0.377 e. The van der Waals surface area contributed by atoms with Crippen molar-refractivity contribution in [2.24, 2.45) is 17.6 Å². The van der Waals surface area contributed by atoms with E-state index in [2.05, 4.69) is 4.90 Å². The summed E-state index contributed by atoms with van der Waals surface area (Å²) in [6.45, 7) is 2.26. The van der Waals surface area contributed by atoms with Crippen molar-refractivity contribution in [1.82, 2.24) is 4.90 Å². The van der Waals surface area contributed by atoms with Gasteiger partial charge in [-0.05, 0) is 44.4 Å². The predicted octanol–water partition coefficient (Wildman–Crippen LogP) is 1.14. The zero-order valence-electron chi connectivity index (χ0n) is 11.0. The lowest BCUT2D eigenvalue weighted by molar-refractivity contribution is -0.146. The molecule has 2 aliphatic carbocycles. The standard InChI is InChI=1S/C14H24N2O2/c15-12-5-3-11(4-6-12)14(17)16-7-8-18-9-13(16)10-1-2-10/h10-13H,1-9,15H2/t11-,12-,13?. The second kappa shape index (κ2) is 5.17. The molecule has 1 heterocycles. The molecule has 1 amide bonds. The Morgan fingerprint density at radius 1 is 1.11 bits per heavy atom. The molecule has 1 atom stereocenters. The second-order valence-corrected chi connectivity index (χ2v) is 6.12. The van der Waals surface area contributed by atoms with Gasteiger partial charge in [-0.15, -0.1) is 0 Å². The van der Waals surface area contributed by atoms with Crippen LogP contribution in [0.3, 0.4) is 0 Å². The highest BCUT2D eigenvalue weighted by Gasteiger charge is 2.41. The summed E-state index contributed by atoms with van der Waals surface area (Å²) in [4.78, 5) is 14.8. The zero-order valence-corrected chi connectivity index (χ0v) is 11.0. The van der Waals surface area contributed by atoms with Gasteiger partial charge >= 0.3 is 0 Å². The third-order valence-electron chi connectivity index (χ3n) is 4.74. The Balaban J connectivity index is 1.62. The average molecular weight is 252 g/mol. The Bertz CT molecular complexity index is 309. The molecule has 2 N–H and O–H groups in total. The van der Waals surface area contributed by atoms with Crippen LogP contribution in [0.15, 0.2) is 0 Å². The van der Waals surface area contributed by atoms with Gasteiger partial charge in [-0.2, -0.15) is 0 Å². The number of morpholine rings is 1. The molecule has 1 unspecified atom stereocenters. The third kappa shape index (κ3) is 2.54. The summed E-state index contributed by atoms with van der Waals surface area (Å²) in [5.41, 5.74) is 5.92. The molecular weight excluding hydrogens is 228 g/mol. The van der Waals surface area contributed by atoms with Gasteiger partial charge in [0, 0.05) is 18.5 Å². The first-order valence-corrected chi connectivity index (χ1v) is 7.39. The minimum atomic E-state index is 0.226. The normalized spacial score (nSPS) is 37.6. The topological polar surface area (TPSA) is 55.6 Å². The number of rotatable bonds is 2. The van der Waals surface area contributed by atoms with Crippen LogP contribution < -0.4 is 5.73 Å². The molecule has 102 valence electrons. The molecule has 0 spiro atoms. The average Bonchev–Trinajstić information content (AvgIpc) is 3.23. The number of amides is 1. The van der Waals surface area contributed by atoms with Crippen LogP contribution in [0, 0.1) is 11.8 Å². The fourth-order valence-corrected chi connectivity index (χ4v) is 3.37. The predicted molar refractivity (Wildman–Crippen MR) is 69.0 cm³/mol. The first-order valence-electron chi connectivity index (χ1n) is 7.39. The van der Waals surface area contributed by atoms with Crippen LogP contribution in [0.4, 0.5) is 0 Å². The molecule has 4 nitrogen and oxygen atoms in total. The van der Waals surface area contributed by atoms with Crippen molar-refractivity contribution in [3.8, 4) is 0 Å². The van der Waals surface area contributed by atoms with Gasteiger partial charge in [-0.25, -0.2) is 0 Å². The van der Waals surface area contributed by atoms with Crippen molar-refractivity contribution in [1.29, 1.82) is 0 Å². The van der Waals surface area contributed by atoms with E-state index in [1.165, 1.54) is 12.8 Å². The van der Waals surface area contributed by atoms with Crippen LogP contribution in [-0.2, 0) is 9.53 Å². The number of ether oxygens (including phenoxy) is 1. The summed E-state index contributed by atoms with van der Waals surface area (Å²) in [5, 5.41) is 0. The molecule has 18 heavy (non-hydrogen) atoms. The molecule has 3 aliphatic rings. The summed E-state index contributed by atoms with van der Waals surface area (Å²) < 4.78 is 5.55. The smallest absolute Gasteiger partial charge is 0.226 e. The Hall–Kier alpha value is -0.610. The monoisotopic (exact) mass is 252 g/mol. The van der Waals surface area contributed by atoms with Crippen molar-refractivity contribution in [3.05, 3.63) is 0 Å². The second-order valence-electron chi connectivity index (χ2n) is 6.12. The lowest BCUT2D eigenvalue weighted by Gasteiger charge is -2.39.